The topological polar surface area (TPSA) is 38.7 Å². The fourth-order valence-corrected chi connectivity index (χ4v) is 3.40. The summed E-state index contributed by atoms with van der Waals surface area (Å²) in [7, 11) is 0. The highest BCUT2D eigenvalue weighted by Gasteiger charge is 2.38. The first-order valence-corrected chi connectivity index (χ1v) is 10.3. The molecule has 1 atom stereocenters. The summed E-state index contributed by atoms with van der Waals surface area (Å²) in [5.74, 6) is -1.91. The van der Waals surface area contributed by atoms with Crippen LogP contribution in [0.4, 0.5) is 4.39 Å². The lowest BCUT2D eigenvalue weighted by Crippen LogP contribution is -2.44. The first kappa shape index (κ1) is 23.1. The highest BCUT2D eigenvalue weighted by atomic mass is 19.1. The molecule has 0 saturated heterocycles. The number of hydrogen-bond donors (Lipinski definition) is 1. The van der Waals surface area contributed by atoms with Crippen molar-refractivity contribution in [1.82, 2.24) is 0 Å². The number of hydrogen-bond acceptors (Lipinski definition) is 3. The summed E-state index contributed by atoms with van der Waals surface area (Å²) in [6.45, 7) is 6.72. The molecule has 1 unspecified atom stereocenters. The van der Waals surface area contributed by atoms with Crippen LogP contribution < -0.4 is 0 Å². The normalized spacial score (nSPS) is 13.1. The van der Waals surface area contributed by atoms with Gasteiger partial charge in [-0.1, -0.05) is 57.6 Å². The van der Waals surface area contributed by atoms with E-state index in [1.807, 2.05) is 19.9 Å². The number of ether oxygens (including phenoxy) is 2. The second-order valence-corrected chi connectivity index (χ2v) is 6.92. The molecule has 0 heterocycles. The zero-order valence-electron chi connectivity index (χ0n) is 16.8. The number of aryl methyl sites for hydroxylation is 1. The van der Waals surface area contributed by atoms with Crippen molar-refractivity contribution in [3.05, 3.63) is 35.6 Å². The Hall–Kier alpha value is -0.970. The molecule has 1 rings (SSSR count). The van der Waals surface area contributed by atoms with Crippen molar-refractivity contribution in [2.75, 3.05) is 13.2 Å². The Bertz CT molecular complexity index is 472. The Labute approximate surface area is 158 Å². The van der Waals surface area contributed by atoms with Gasteiger partial charge >= 0.3 is 0 Å². The number of unbranched alkanes of at least 4 members (excludes halogenated alkanes) is 5. The molecule has 0 aliphatic heterocycles. The van der Waals surface area contributed by atoms with Gasteiger partial charge in [0.25, 0.3) is 5.97 Å². The van der Waals surface area contributed by atoms with E-state index in [1.54, 1.807) is 12.1 Å². The maximum atomic E-state index is 13.4. The van der Waals surface area contributed by atoms with E-state index in [-0.39, 0.29) is 11.7 Å². The van der Waals surface area contributed by atoms with Gasteiger partial charge in [0.1, 0.15) is 5.82 Å². The molecule has 0 aromatic heterocycles. The second kappa shape index (κ2) is 13.2. The third-order valence-corrected chi connectivity index (χ3v) is 4.79. The number of aliphatic hydroxyl groups is 1. The van der Waals surface area contributed by atoms with Crippen molar-refractivity contribution in [1.29, 1.82) is 0 Å². The van der Waals surface area contributed by atoms with Crippen molar-refractivity contribution in [2.45, 2.75) is 84.5 Å². The molecular weight excluding hydrogens is 331 g/mol. The van der Waals surface area contributed by atoms with Gasteiger partial charge in [0, 0.05) is 19.1 Å². The van der Waals surface area contributed by atoms with Crippen LogP contribution in [0.5, 0.6) is 0 Å². The Morgan fingerprint density at radius 2 is 1.62 bits per heavy atom. The largest absolute Gasteiger partial charge is 0.343 e. The van der Waals surface area contributed by atoms with Gasteiger partial charge < -0.3 is 14.6 Å². The molecule has 0 aliphatic carbocycles. The van der Waals surface area contributed by atoms with Crippen molar-refractivity contribution in [2.24, 2.45) is 5.92 Å². The molecule has 3 nitrogen and oxygen atoms in total. The molecule has 0 bridgehead atoms. The molecule has 4 heteroatoms. The minimum absolute atomic E-state index is 0.128. The predicted octanol–water partition coefficient (Wildman–Crippen LogP) is 5.84. The fourth-order valence-electron chi connectivity index (χ4n) is 3.40. The summed E-state index contributed by atoms with van der Waals surface area (Å²) in [5, 5.41) is 10.9. The molecule has 1 N–H and O–H groups in total. The molecule has 0 fully saturated rings. The number of halogens is 1. The monoisotopic (exact) mass is 368 g/mol. The van der Waals surface area contributed by atoms with Crippen LogP contribution in [-0.2, 0) is 15.9 Å². The molecule has 1 aromatic rings. The lowest BCUT2D eigenvalue weighted by Gasteiger charge is -2.35. The zero-order valence-corrected chi connectivity index (χ0v) is 16.8. The van der Waals surface area contributed by atoms with Gasteiger partial charge in [-0.15, -0.1) is 0 Å². The van der Waals surface area contributed by atoms with Gasteiger partial charge in [-0.25, -0.2) is 4.39 Å². The van der Waals surface area contributed by atoms with Gasteiger partial charge in [-0.2, -0.15) is 0 Å². The first-order chi connectivity index (χ1) is 12.6. The van der Waals surface area contributed by atoms with Gasteiger partial charge in [-0.3, -0.25) is 0 Å². The summed E-state index contributed by atoms with van der Waals surface area (Å²) in [5.41, 5.74) is 0.938. The molecule has 26 heavy (non-hydrogen) atoms. The maximum Gasteiger partial charge on any atom is 0.283 e. The predicted molar refractivity (Wildman–Crippen MR) is 104 cm³/mol. The first-order valence-electron chi connectivity index (χ1n) is 10.3. The van der Waals surface area contributed by atoms with E-state index in [9.17, 15) is 9.50 Å². The molecule has 0 spiro atoms. The van der Waals surface area contributed by atoms with Crippen molar-refractivity contribution in [3.8, 4) is 0 Å². The maximum absolute atomic E-state index is 13.4. The Morgan fingerprint density at radius 3 is 2.23 bits per heavy atom. The second-order valence-electron chi connectivity index (χ2n) is 6.92. The molecule has 0 saturated carbocycles. The van der Waals surface area contributed by atoms with E-state index >= 15 is 0 Å². The zero-order chi connectivity index (χ0) is 19.3. The molecule has 0 aliphatic rings. The third kappa shape index (κ3) is 8.61. The number of benzene rings is 1. The van der Waals surface area contributed by atoms with E-state index in [4.69, 9.17) is 9.47 Å². The average Bonchev–Trinajstić information content (AvgIpc) is 2.60. The molecule has 0 amide bonds. The van der Waals surface area contributed by atoms with E-state index in [1.165, 1.54) is 31.7 Å². The highest BCUT2D eigenvalue weighted by Crippen LogP contribution is 2.31. The number of rotatable bonds is 15. The fraction of sp³-hybridized carbons (Fsp3) is 0.727. The van der Waals surface area contributed by atoms with Crippen LogP contribution in [0.1, 0.15) is 77.7 Å². The summed E-state index contributed by atoms with van der Waals surface area (Å²) in [6.07, 6.45) is 9.46. The minimum Gasteiger partial charge on any atom is -0.343 e. The lowest BCUT2D eigenvalue weighted by atomic mass is 9.91. The van der Waals surface area contributed by atoms with Gasteiger partial charge in [-0.05, 0) is 50.8 Å². The van der Waals surface area contributed by atoms with Crippen molar-refractivity contribution in [3.63, 3.8) is 0 Å². The molecule has 150 valence electrons. The van der Waals surface area contributed by atoms with Crippen LogP contribution in [0.25, 0.3) is 0 Å². The highest BCUT2D eigenvalue weighted by molar-refractivity contribution is 5.16. The van der Waals surface area contributed by atoms with Gasteiger partial charge in [0.15, 0.2) is 0 Å². The van der Waals surface area contributed by atoms with Crippen LogP contribution in [0.2, 0.25) is 0 Å². The summed E-state index contributed by atoms with van der Waals surface area (Å²) in [6, 6.07) is 6.66. The minimum atomic E-state index is -1.56. The SMILES string of the molecule is CCCCCCCCC(CCc1cccc(F)c1)C(O)(OCC)OCC. The van der Waals surface area contributed by atoms with E-state index < -0.39 is 5.97 Å². The summed E-state index contributed by atoms with van der Waals surface area (Å²) < 4.78 is 24.6. The molecule has 0 radical (unpaired) electrons. The summed E-state index contributed by atoms with van der Waals surface area (Å²) >= 11 is 0. The van der Waals surface area contributed by atoms with E-state index in [2.05, 4.69) is 6.92 Å². The third-order valence-electron chi connectivity index (χ3n) is 4.79. The summed E-state index contributed by atoms with van der Waals surface area (Å²) in [4.78, 5) is 0. The molecule has 1 aromatic carbocycles. The standard InChI is InChI=1S/C22H37FO3/c1-4-7-8-9-10-11-14-20(22(24,25-5-2)26-6-3)17-16-19-13-12-15-21(23)18-19/h12-13,15,18,20,24H,4-11,14,16-17H2,1-3H3. The Morgan fingerprint density at radius 1 is 0.962 bits per heavy atom. The van der Waals surface area contributed by atoms with Crippen LogP contribution in [0, 0.1) is 11.7 Å². The Kier molecular flexibility index (Phi) is 11.7. The van der Waals surface area contributed by atoms with Crippen LogP contribution in [0.15, 0.2) is 24.3 Å². The van der Waals surface area contributed by atoms with Gasteiger partial charge in [0.2, 0.25) is 0 Å². The Balaban J connectivity index is 2.66. The van der Waals surface area contributed by atoms with Crippen LogP contribution in [-0.4, -0.2) is 24.3 Å². The van der Waals surface area contributed by atoms with Crippen molar-refractivity contribution >= 4 is 0 Å². The lowest BCUT2D eigenvalue weighted by molar-refractivity contribution is -0.385. The van der Waals surface area contributed by atoms with E-state index in [0.717, 1.165) is 24.8 Å². The average molecular weight is 369 g/mol. The van der Waals surface area contributed by atoms with Crippen molar-refractivity contribution < 1.29 is 19.0 Å². The van der Waals surface area contributed by atoms with E-state index in [0.29, 0.717) is 26.1 Å². The quantitative estimate of drug-likeness (QED) is 0.312. The van der Waals surface area contributed by atoms with Gasteiger partial charge in [0.05, 0.1) is 0 Å². The van der Waals surface area contributed by atoms with Crippen LogP contribution >= 0.6 is 0 Å². The van der Waals surface area contributed by atoms with Crippen LogP contribution in [0.3, 0.4) is 0 Å². The smallest absolute Gasteiger partial charge is 0.283 e. The molecular formula is C22H37FO3.